The Balaban J connectivity index is 0.00000484. The van der Waals surface area contributed by atoms with E-state index in [-0.39, 0.29) is 42.5 Å². The topological polar surface area (TPSA) is 100 Å². The molecular formula is C14H28IN5O3. The van der Waals surface area contributed by atoms with Crippen LogP contribution in [0.5, 0.6) is 0 Å². The molecule has 0 radical (unpaired) electrons. The number of carbonyl (C=O) groups excluding carboxylic acids is 2. The minimum atomic E-state index is -0.499. The monoisotopic (exact) mass is 441 g/mol. The van der Waals surface area contributed by atoms with E-state index in [1.54, 1.807) is 4.90 Å². The summed E-state index contributed by atoms with van der Waals surface area (Å²) >= 11 is 0. The smallest absolute Gasteiger partial charge is 0.410 e. The Labute approximate surface area is 154 Å². The van der Waals surface area contributed by atoms with Crippen molar-refractivity contribution in [1.29, 1.82) is 0 Å². The molecule has 0 bridgehead atoms. The van der Waals surface area contributed by atoms with Crippen LogP contribution in [0.15, 0.2) is 4.99 Å². The zero-order valence-corrected chi connectivity index (χ0v) is 16.6. The van der Waals surface area contributed by atoms with E-state index in [0.29, 0.717) is 38.7 Å². The van der Waals surface area contributed by atoms with Gasteiger partial charge in [0, 0.05) is 32.7 Å². The predicted molar refractivity (Wildman–Crippen MR) is 100.0 cm³/mol. The number of nitrogens with two attached hydrogens (primary N) is 1. The third-order valence-corrected chi connectivity index (χ3v) is 3.01. The molecule has 1 aliphatic heterocycles. The van der Waals surface area contributed by atoms with Crippen LogP contribution in [0, 0.1) is 0 Å². The number of carbonyl (C=O) groups is 2. The summed E-state index contributed by atoms with van der Waals surface area (Å²) in [4.78, 5) is 30.9. The number of aliphatic imine (C=N–C) groups is 1. The zero-order valence-electron chi connectivity index (χ0n) is 14.3. The van der Waals surface area contributed by atoms with Crippen molar-refractivity contribution in [1.82, 2.24) is 15.1 Å². The lowest BCUT2D eigenvalue weighted by molar-refractivity contribution is -0.119. The first-order chi connectivity index (χ1) is 10.2. The summed E-state index contributed by atoms with van der Waals surface area (Å²) in [7, 11) is 0. The van der Waals surface area contributed by atoms with E-state index in [1.165, 1.54) is 0 Å². The summed E-state index contributed by atoms with van der Waals surface area (Å²) in [5, 5.41) is 2.66. The van der Waals surface area contributed by atoms with Crippen LogP contribution in [0.2, 0.25) is 0 Å². The lowest BCUT2D eigenvalue weighted by Crippen LogP contribution is -2.53. The van der Waals surface area contributed by atoms with E-state index in [2.05, 4.69) is 10.3 Å². The minimum Gasteiger partial charge on any atom is -0.444 e. The van der Waals surface area contributed by atoms with Crippen LogP contribution in [-0.4, -0.2) is 72.6 Å². The van der Waals surface area contributed by atoms with Gasteiger partial charge in [-0.15, -0.1) is 24.0 Å². The molecule has 1 aliphatic rings. The zero-order chi connectivity index (χ0) is 16.8. The van der Waals surface area contributed by atoms with Gasteiger partial charge >= 0.3 is 6.09 Å². The summed E-state index contributed by atoms with van der Waals surface area (Å²) in [6.45, 7) is 10.1. The van der Waals surface area contributed by atoms with Crippen LogP contribution < -0.4 is 11.1 Å². The number of ether oxygens (including phenoxy) is 1. The molecule has 0 atom stereocenters. The molecule has 0 unspecified atom stereocenters. The third kappa shape index (κ3) is 8.24. The van der Waals surface area contributed by atoms with E-state index in [0.717, 1.165) is 0 Å². The molecule has 3 N–H and O–H groups in total. The highest BCUT2D eigenvalue weighted by Crippen LogP contribution is 2.11. The maximum atomic E-state index is 11.9. The first kappa shape index (κ1) is 21.7. The highest BCUT2D eigenvalue weighted by atomic mass is 127. The number of guanidine groups is 1. The lowest BCUT2D eigenvalue weighted by Gasteiger charge is -2.36. The van der Waals surface area contributed by atoms with Crippen molar-refractivity contribution in [3.05, 3.63) is 0 Å². The maximum absolute atomic E-state index is 11.9. The minimum absolute atomic E-state index is 0. The van der Waals surface area contributed by atoms with Crippen molar-refractivity contribution in [3.8, 4) is 0 Å². The van der Waals surface area contributed by atoms with Gasteiger partial charge in [0.15, 0.2) is 5.96 Å². The summed E-state index contributed by atoms with van der Waals surface area (Å²) in [5.41, 5.74) is 5.38. The number of likely N-dealkylation sites (N-methyl/N-ethyl adjacent to an activating group) is 1. The second-order valence-electron chi connectivity index (χ2n) is 6.08. The lowest BCUT2D eigenvalue weighted by atomic mass is 10.2. The van der Waals surface area contributed by atoms with Gasteiger partial charge < -0.3 is 25.6 Å². The van der Waals surface area contributed by atoms with Gasteiger partial charge in [-0.25, -0.2) is 9.79 Å². The largest absolute Gasteiger partial charge is 0.444 e. The van der Waals surface area contributed by atoms with Gasteiger partial charge in [-0.1, -0.05) is 0 Å². The number of piperazine rings is 1. The molecule has 0 saturated carbocycles. The van der Waals surface area contributed by atoms with Crippen LogP contribution in [0.25, 0.3) is 0 Å². The van der Waals surface area contributed by atoms with E-state index in [4.69, 9.17) is 10.5 Å². The number of nitrogens with one attached hydrogen (secondary N) is 1. The van der Waals surface area contributed by atoms with E-state index >= 15 is 0 Å². The summed E-state index contributed by atoms with van der Waals surface area (Å²) in [6, 6.07) is 0. The van der Waals surface area contributed by atoms with Gasteiger partial charge in [0.1, 0.15) is 12.1 Å². The van der Waals surface area contributed by atoms with Gasteiger partial charge in [0.05, 0.1) is 0 Å². The van der Waals surface area contributed by atoms with Crippen molar-refractivity contribution in [2.45, 2.75) is 33.3 Å². The van der Waals surface area contributed by atoms with Crippen molar-refractivity contribution < 1.29 is 14.3 Å². The van der Waals surface area contributed by atoms with Crippen molar-refractivity contribution in [2.24, 2.45) is 10.7 Å². The second-order valence-corrected chi connectivity index (χ2v) is 6.08. The van der Waals surface area contributed by atoms with Crippen LogP contribution in [0.4, 0.5) is 4.79 Å². The molecular weight excluding hydrogens is 413 g/mol. The standard InChI is InChI=1S/C14H27N5O3.HI/c1-5-16-11(20)10-17-12(15)18-6-8-19(9-7-18)13(21)22-14(2,3)4;/h5-10H2,1-4H3,(H2,15,17)(H,16,20);1H. The van der Waals surface area contributed by atoms with Crippen molar-refractivity contribution in [2.75, 3.05) is 39.3 Å². The number of rotatable bonds is 3. The second kappa shape index (κ2) is 9.78. The molecule has 0 aromatic heterocycles. The Hall–Kier alpha value is -1.26. The molecule has 0 spiro atoms. The molecule has 8 nitrogen and oxygen atoms in total. The number of amides is 2. The summed E-state index contributed by atoms with van der Waals surface area (Å²) < 4.78 is 5.33. The van der Waals surface area contributed by atoms with Gasteiger partial charge in [0.25, 0.3) is 0 Å². The fourth-order valence-corrected chi connectivity index (χ4v) is 1.95. The van der Waals surface area contributed by atoms with Crippen LogP contribution >= 0.6 is 24.0 Å². The van der Waals surface area contributed by atoms with Crippen LogP contribution in [-0.2, 0) is 9.53 Å². The van der Waals surface area contributed by atoms with E-state index in [9.17, 15) is 9.59 Å². The number of nitrogens with zero attached hydrogens (tertiary/aromatic N) is 3. The Morgan fingerprint density at radius 1 is 1.17 bits per heavy atom. The van der Waals surface area contributed by atoms with Gasteiger partial charge in [-0.3, -0.25) is 4.79 Å². The van der Waals surface area contributed by atoms with Crippen LogP contribution in [0.1, 0.15) is 27.7 Å². The molecule has 2 amide bonds. The van der Waals surface area contributed by atoms with Crippen molar-refractivity contribution >= 4 is 41.9 Å². The molecule has 134 valence electrons. The van der Waals surface area contributed by atoms with Crippen LogP contribution in [0.3, 0.4) is 0 Å². The molecule has 0 aliphatic carbocycles. The molecule has 9 heteroatoms. The van der Waals surface area contributed by atoms with Gasteiger partial charge in [-0.05, 0) is 27.7 Å². The SMILES string of the molecule is CCNC(=O)CN=C(N)N1CCN(C(=O)OC(C)(C)C)CC1.I. The molecule has 1 rings (SSSR count). The normalized spacial score (nSPS) is 15.7. The molecule has 0 aromatic rings. The highest BCUT2D eigenvalue weighted by Gasteiger charge is 2.26. The van der Waals surface area contributed by atoms with Gasteiger partial charge in [0.2, 0.25) is 5.91 Å². The maximum Gasteiger partial charge on any atom is 0.410 e. The third-order valence-electron chi connectivity index (χ3n) is 3.01. The molecule has 1 saturated heterocycles. The van der Waals surface area contributed by atoms with E-state index in [1.807, 2.05) is 32.6 Å². The number of hydrogen-bond donors (Lipinski definition) is 2. The Morgan fingerprint density at radius 2 is 1.70 bits per heavy atom. The predicted octanol–water partition coefficient (Wildman–Crippen LogP) is 0.608. The number of hydrogen-bond acceptors (Lipinski definition) is 4. The summed E-state index contributed by atoms with van der Waals surface area (Å²) in [6.07, 6.45) is -0.315. The molecule has 1 heterocycles. The van der Waals surface area contributed by atoms with Crippen molar-refractivity contribution in [3.63, 3.8) is 0 Å². The first-order valence-electron chi connectivity index (χ1n) is 7.52. The summed E-state index contributed by atoms with van der Waals surface area (Å²) in [5.74, 6) is 0.174. The molecule has 23 heavy (non-hydrogen) atoms. The first-order valence-corrected chi connectivity index (χ1v) is 7.52. The average molecular weight is 441 g/mol. The number of halogens is 1. The fourth-order valence-electron chi connectivity index (χ4n) is 1.95. The Kier molecular flexibility index (Phi) is 9.25. The highest BCUT2D eigenvalue weighted by molar-refractivity contribution is 14.0. The quantitative estimate of drug-likeness (QED) is 0.380. The Morgan fingerprint density at radius 3 is 2.17 bits per heavy atom. The molecule has 0 aromatic carbocycles. The molecule has 1 fully saturated rings. The fraction of sp³-hybridized carbons (Fsp3) is 0.786. The van der Waals surface area contributed by atoms with E-state index < -0.39 is 5.60 Å². The Bertz CT molecular complexity index is 429. The van der Waals surface area contributed by atoms with Gasteiger partial charge in [-0.2, -0.15) is 0 Å². The average Bonchev–Trinajstić information content (AvgIpc) is 2.43.